The Balaban J connectivity index is 2.28. The highest BCUT2D eigenvalue weighted by atomic mass is 79.9. The maximum atomic E-state index is 10.2. The molecule has 0 aliphatic heterocycles. The Morgan fingerprint density at radius 2 is 2.15 bits per heavy atom. The normalized spacial score (nSPS) is 10.5. The molecule has 1 amide bonds. The topological polar surface area (TPSA) is 80.0 Å². The van der Waals surface area contributed by atoms with Crippen molar-refractivity contribution in [3.8, 4) is 0 Å². The van der Waals surface area contributed by atoms with E-state index in [1.807, 2.05) is 0 Å². The summed E-state index contributed by atoms with van der Waals surface area (Å²) in [6.07, 6.45) is 3.17. The third-order valence-electron chi connectivity index (χ3n) is 2.84. The van der Waals surface area contributed by atoms with Crippen molar-refractivity contribution in [2.45, 2.75) is 6.42 Å². The second-order valence-corrected chi connectivity index (χ2v) is 5.46. The lowest BCUT2D eigenvalue weighted by atomic mass is 10.1. The monoisotopic (exact) mass is 356 g/mol. The third-order valence-corrected chi connectivity index (χ3v) is 3.76. The van der Waals surface area contributed by atoms with E-state index >= 15 is 0 Å². The van der Waals surface area contributed by atoms with Crippen molar-refractivity contribution in [2.75, 3.05) is 24.1 Å². The standard InChI is InChI=1S/C13H14BrClN4O/c14-8-6-19-13(18-5-1-4-17-7-20)12-9(15)2-3-10(16)11(8)12/h2-3,6-7H,1,4-5,16H2,(H,17,20)(H,18,19). The average molecular weight is 358 g/mol. The Bertz CT molecular complexity index is 627. The van der Waals surface area contributed by atoms with Gasteiger partial charge in [0.05, 0.1) is 5.02 Å². The van der Waals surface area contributed by atoms with Crippen LogP contribution in [0.1, 0.15) is 6.42 Å². The molecule has 0 radical (unpaired) electrons. The number of hydrogen-bond acceptors (Lipinski definition) is 4. The number of nitrogens with two attached hydrogens (primary N) is 1. The maximum Gasteiger partial charge on any atom is 0.207 e. The molecule has 20 heavy (non-hydrogen) atoms. The molecule has 0 saturated heterocycles. The smallest absolute Gasteiger partial charge is 0.207 e. The van der Waals surface area contributed by atoms with Crippen molar-refractivity contribution < 1.29 is 4.79 Å². The highest BCUT2D eigenvalue weighted by Crippen LogP contribution is 2.37. The van der Waals surface area contributed by atoms with Gasteiger partial charge in [0.1, 0.15) is 5.82 Å². The average Bonchev–Trinajstić information content (AvgIpc) is 2.44. The number of carbonyl (C=O) groups excluding carboxylic acids is 1. The fourth-order valence-electron chi connectivity index (χ4n) is 1.92. The number of amides is 1. The van der Waals surface area contributed by atoms with Crippen LogP contribution in [0, 0.1) is 0 Å². The molecule has 1 aromatic carbocycles. The summed E-state index contributed by atoms with van der Waals surface area (Å²) in [6, 6.07) is 3.53. The predicted molar refractivity (Wildman–Crippen MR) is 86.0 cm³/mol. The molecular formula is C13H14BrClN4O. The van der Waals surface area contributed by atoms with E-state index < -0.39 is 0 Å². The molecule has 106 valence electrons. The van der Waals surface area contributed by atoms with Crippen molar-refractivity contribution >= 4 is 56.2 Å². The molecule has 1 aromatic heterocycles. The number of pyridine rings is 1. The van der Waals surface area contributed by atoms with Crippen LogP contribution in [-0.2, 0) is 4.79 Å². The molecule has 0 atom stereocenters. The van der Waals surface area contributed by atoms with E-state index in [0.717, 1.165) is 21.7 Å². The first-order valence-electron chi connectivity index (χ1n) is 6.08. The van der Waals surface area contributed by atoms with E-state index in [1.165, 1.54) is 0 Å². The molecule has 0 spiro atoms. The quantitative estimate of drug-likeness (QED) is 0.422. The van der Waals surface area contributed by atoms with Gasteiger partial charge in [-0.3, -0.25) is 4.79 Å². The van der Waals surface area contributed by atoms with E-state index in [0.29, 0.717) is 36.0 Å². The maximum absolute atomic E-state index is 10.2. The van der Waals surface area contributed by atoms with Crippen molar-refractivity contribution in [3.05, 3.63) is 27.8 Å². The Hall–Kier alpha value is -1.53. The van der Waals surface area contributed by atoms with E-state index in [9.17, 15) is 4.79 Å². The summed E-state index contributed by atoms with van der Waals surface area (Å²) in [7, 11) is 0. The van der Waals surface area contributed by atoms with Crippen LogP contribution in [0.3, 0.4) is 0 Å². The molecule has 0 aliphatic rings. The van der Waals surface area contributed by atoms with Crippen molar-refractivity contribution in [2.24, 2.45) is 0 Å². The van der Waals surface area contributed by atoms with E-state index in [1.54, 1.807) is 18.3 Å². The second kappa shape index (κ2) is 6.76. The zero-order chi connectivity index (χ0) is 14.5. The third kappa shape index (κ3) is 3.13. The Kier molecular flexibility index (Phi) is 5.03. The SMILES string of the molecule is Nc1ccc(Cl)c2c(NCCCNC=O)ncc(Br)c12. The van der Waals surface area contributed by atoms with Crippen LogP contribution in [0.4, 0.5) is 11.5 Å². The van der Waals surface area contributed by atoms with Crippen molar-refractivity contribution in [1.29, 1.82) is 0 Å². The Morgan fingerprint density at radius 1 is 1.35 bits per heavy atom. The number of halogens is 2. The molecule has 0 aliphatic carbocycles. The first kappa shape index (κ1) is 14.9. The minimum atomic E-state index is 0.594. The molecule has 2 rings (SSSR count). The van der Waals surface area contributed by atoms with Crippen molar-refractivity contribution in [1.82, 2.24) is 10.3 Å². The molecule has 2 aromatic rings. The van der Waals surface area contributed by atoms with E-state index in [2.05, 4.69) is 31.5 Å². The van der Waals surface area contributed by atoms with Gasteiger partial charge in [0.15, 0.2) is 0 Å². The second-order valence-electron chi connectivity index (χ2n) is 4.19. The zero-order valence-electron chi connectivity index (χ0n) is 10.6. The molecule has 0 unspecified atom stereocenters. The fourth-order valence-corrected chi connectivity index (χ4v) is 2.70. The highest BCUT2D eigenvalue weighted by Gasteiger charge is 2.12. The minimum absolute atomic E-state index is 0.594. The Morgan fingerprint density at radius 3 is 2.90 bits per heavy atom. The van der Waals surface area contributed by atoms with Crippen LogP contribution in [0.2, 0.25) is 5.02 Å². The molecule has 0 fully saturated rings. The summed E-state index contributed by atoms with van der Waals surface area (Å²) < 4.78 is 0.806. The minimum Gasteiger partial charge on any atom is -0.398 e. The number of carbonyl (C=O) groups is 1. The fraction of sp³-hybridized carbons (Fsp3) is 0.231. The number of nitrogen functional groups attached to an aromatic ring is 1. The summed E-state index contributed by atoms with van der Waals surface area (Å²) in [5, 5.41) is 8.06. The molecule has 5 nitrogen and oxygen atoms in total. The van der Waals surface area contributed by atoms with Gasteiger partial charge in [0.25, 0.3) is 0 Å². The van der Waals surface area contributed by atoms with Gasteiger partial charge >= 0.3 is 0 Å². The van der Waals surface area contributed by atoms with Crippen LogP contribution < -0.4 is 16.4 Å². The van der Waals surface area contributed by atoms with Crippen LogP contribution >= 0.6 is 27.5 Å². The molecule has 1 heterocycles. The van der Waals surface area contributed by atoms with Crippen molar-refractivity contribution in [3.63, 3.8) is 0 Å². The molecule has 0 saturated carbocycles. The van der Waals surface area contributed by atoms with Gasteiger partial charge in [-0.05, 0) is 34.5 Å². The van der Waals surface area contributed by atoms with Gasteiger partial charge in [-0.1, -0.05) is 11.6 Å². The number of nitrogens with one attached hydrogen (secondary N) is 2. The van der Waals surface area contributed by atoms with Crippen LogP contribution in [-0.4, -0.2) is 24.5 Å². The van der Waals surface area contributed by atoms with Crippen LogP contribution in [0.15, 0.2) is 22.8 Å². The van der Waals surface area contributed by atoms with Gasteiger partial charge in [-0.2, -0.15) is 0 Å². The first-order chi connectivity index (χ1) is 9.65. The van der Waals surface area contributed by atoms with Gasteiger partial charge in [-0.15, -0.1) is 0 Å². The summed E-state index contributed by atoms with van der Waals surface area (Å²) in [4.78, 5) is 14.5. The van der Waals surface area contributed by atoms with Gasteiger partial charge in [-0.25, -0.2) is 4.98 Å². The zero-order valence-corrected chi connectivity index (χ0v) is 13.0. The summed E-state index contributed by atoms with van der Waals surface area (Å²) in [5.41, 5.74) is 6.64. The number of nitrogens with zero attached hydrogens (tertiary/aromatic N) is 1. The summed E-state index contributed by atoms with van der Waals surface area (Å²) in [6.45, 7) is 1.29. The van der Waals surface area contributed by atoms with Gasteiger partial charge in [0, 0.05) is 40.2 Å². The van der Waals surface area contributed by atoms with Gasteiger partial charge in [0.2, 0.25) is 6.41 Å². The lowest BCUT2D eigenvalue weighted by Gasteiger charge is -2.12. The largest absolute Gasteiger partial charge is 0.398 e. The number of anilines is 2. The predicted octanol–water partition coefficient (Wildman–Crippen LogP) is 2.78. The van der Waals surface area contributed by atoms with Gasteiger partial charge < -0.3 is 16.4 Å². The molecule has 4 N–H and O–H groups in total. The number of rotatable bonds is 6. The highest BCUT2D eigenvalue weighted by molar-refractivity contribution is 9.10. The summed E-state index contributed by atoms with van der Waals surface area (Å²) >= 11 is 9.69. The van der Waals surface area contributed by atoms with Crippen LogP contribution in [0.5, 0.6) is 0 Å². The van der Waals surface area contributed by atoms with Crippen LogP contribution in [0.25, 0.3) is 10.8 Å². The van der Waals surface area contributed by atoms with E-state index in [4.69, 9.17) is 17.3 Å². The first-order valence-corrected chi connectivity index (χ1v) is 7.25. The Labute approximate surface area is 130 Å². The molecule has 7 heteroatoms. The molecular weight excluding hydrogens is 344 g/mol. The molecule has 0 bridgehead atoms. The summed E-state index contributed by atoms with van der Waals surface area (Å²) in [5.74, 6) is 0.687. The van der Waals surface area contributed by atoms with E-state index in [-0.39, 0.29) is 0 Å². The number of aromatic nitrogens is 1. The lowest BCUT2D eigenvalue weighted by Crippen LogP contribution is -2.16. The lowest BCUT2D eigenvalue weighted by molar-refractivity contribution is -0.109. The number of benzene rings is 1. The number of fused-ring (bicyclic) bond motifs is 1. The number of hydrogen-bond donors (Lipinski definition) is 3.